The number of nitrogens with zero attached hydrogens (tertiary/aromatic N) is 1. The predicted octanol–water partition coefficient (Wildman–Crippen LogP) is 3.90. The lowest BCUT2D eigenvalue weighted by atomic mass is 9.70. The van der Waals surface area contributed by atoms with Gasteiger partial charge in [-0.1, -0.05) is 41.5 Å². The van der Waals surface area contributed by atoms with E-state index in [1.54, 1.807) is 0 Å². The molecular formula is C17H36N2. The van der Waals surface area contributed by atoms with Gasteiger partial charge in [0, 0.05) is 12.6 Å². The summed E-state index contributed by atoms with van der Waals surface area (Å²) in [6.45, 7) is 17.3. The third-order valence-electron chi connectivity index (χ3n) is 4.57. The molecule has 0 heterocycles. The van der Waals surface area contributed by atoms with Gasteiger partial charge in [0.1, 0.15) is 0 Å². The molecule has 0 saturated heterocycles. The maximum Gasteiger partial charge on any atom is 0.0103 e. The minimum Gasteiger partial charge on any atom is -0.330 e. The first-order valence-corrected chi connectivity index (χ1v) is 8.13. The highest BCUT2D eigenvalue weighted by molar-refractivity contribution is 4.89. The van der Waals surface area contributed by atoms with Crippen LogP contribution in [0.15, 0.2) is 0 Å². The Bertz CT molecular complexity index is 270. The van der Waals surface area contributed by atoms with Crippen LogP contribution in [-0.2, 0) is 0 Å². The van der Waals surface area contributed by atoms with Gasteiger partial charge >= 0.3 is 0 Å². The average molecular weight is 268 g/mol. The summed E-state index contributed by atoms with van der Waals surface area (Å²) in [4.78, 5) is 2.73. The summed E-state index contributed by atoms with van der Waals surface area (Å²) in [5.74, 6) is 0.856. The lowest BCUT2D eigenvalue weighted by Crippen LogP contribution is -2.48. The molecule has 2 unspecified atom stereocenters. The molecule has 1 rings (SSSR count). The normalized spacial score (nSPS) is 27.8. The van der Waals surface area contributed by atoms with Gasteiger partial charge in [-0.15, -0.1) is 0 Å². The van der Waals surface area contributed by atoms with E-state index >= 15 is 0 Å². The molecule has 2 atom stereocenters. The minimum atomic E-state index is 0.236. The summed E-state index contributed by atoms with van der Waals surface area (Å²) in [6, 6.07) is 0.754. The monoisotopic (exact) mass is 268 g/mol. The molecule has 0 amide bonds. The van der Waals surface area contributed by atoms with Gasteiger partial charge in [-0.25, -0.2) is 0 Å². The Morgan fingerprint density at radius 1 is 1.26 bits per heavy atom. The summed E-state index contributed by atoms with van der Waals surface area (Å²) >= 11 is 0. The Balaban J connectivity index is 2.74. The Kier molecular flexibility index (Phi) is 5.88. The summed E-state index contributed by atoms with van der Waals surface area (Å²) in [5, 5.41) is 0. The molecule has 0 spiro atoms. The lowest BCUT2D eigenvalue weighted by molar-refractivity contribution is 0.0446. The van der Waals surface area contributed by atoms with Gasteiger partial charge in [0.2, 0.25) is 0 Å². The summed E-state index contributed by atoms with van der Waals surface area (Å²) in [6.07, 6.45) is 5.33. The quantitative estimate of drug-likeness (QED) is 0.791. The first-order chi connectivity index (χ1) is 8.69. The molecule has 1 aliphatic carbocycles. The van der Waals surface area contributed by atoms with Crippen LogP contribution < -0.4 is 5.73 Å². The molecule has 0 aromatic rings. The molecule has 114 valence electrons. The summed E-state index contributed by atoms with van der Waals surface area (Å²) in [5.41, 5.74) is 6.67. The largest absolute Gasteiger partial charge is 0.330 e. The van der Waals surface area contributed by atoms with Crippen molar-refractivity contribution in [2.45, 2.75) is 73.3 Å². The zero-order valence-corrected chi connectivity index (χ0v) is 14.1. The molecule has 0 radical (unpaired) electrons. The Hall–Kier alpha value is -0.0800. The third-order valence-corrected chi connectivity index (χ3v) is 4.57. The van der Waals surface area contributed by atoms with Crippen molar-refractivity contribution in [3.8, 4) is 0 Å². The van der Waals surface area contributed by atoms with E-state index in [2.05, 4.69) is 46.4 Å². The van der Waals surface area contributed by atoms with Crippen molar-refractivity contribution in [3.05, 3.63) is 0 Å². The molecule has 0 aromatic heterocycles. The zero-order valence-electron chi connectivity index (χ0n) is 14.1. The maximum absolute atomic E-state index is 5.93. The van der Waals surface area contributed by atoms with Crippen molar-refractivity contribution < 1.29 is 0 Å². The number of hydrogen-bond donors (Lipinski definition) is 1. The molecule has 2 heteroatoms. The van der Waals surface area contributed by atoms with Crippen LogP contribution in [-0.4, -0.2) is 30.6 Å². The van der Waals surface area contributed by atoms with Crippen LogP contribution in [0.1, 0.15) is 67.2 Å². The topological polar surface area (TPSA) is 29.3 Å². The maximum atomic E-state index is 5.93. The predicted molar refractivity (Wildman–Crippen MR) is 85.3 cm³/mol. The molecule has 19 heavy (non-hydrogen) atoms. The van der Waals surface area contributed by atoms with Gasteiger partial charge in [-0.3, -0.25) is 4.90 Å². The van der Waals surface area contributed by atoms with Crippen molar-refractivity contribution in [2.24, 2.45) is 22.5 Å². The fourth-order valence-electron chi connectivity index (χ4n) is 3.87. The van der Waals surface area contributed by atoms with E-state index in [-0.39, 0.29) is 5.41 Å². The van der Waals surface area contributed by atoms with Gasteiger partial charge < -0.3 is 5.73 Å². The molecule has 1 aliphatic rings. The number of nitrogens with two attached hydrogens (primary N) is 1. The fourth-order valence-corrected chi connectivity index (χ4v) is 3.87. The minimum absolute atomic E-state index is 0.236. The second kappa shape index (κ2) is 6.58. The molecule has 0 aromatic carbocycles. The molecule has 1 saturated carbocycles. The first kappa shape index (κ1) is 17.0. The third kappa shape index (κ3) is 5.43. The van der Waals surface area contributed by atoms with Crippen molar-refractivity contribution in [3.63, 3.8) is 0 Å². The highest BCUT2D eigenvalue weighted by Crippen LogP contribution is 2.41. The highest BCUT2D eigenvalue weighted by Gasteiger charge is 2.36. The van der Waals surface area contributed by atoms with Crippen LogP contribution >= 0.6 is 0 Å². The second-order valence-electron chi connectivity index (χ2n) is 8.41. The van der Waals surface area contributed by atoms with E-state index in [1.807, 2.05) is 0 Å². The summed E-state index contributed by atoms with van der Waals surface area (Å²) < 4.78 is 0. The van der Waals surface area contributed by atoms with Crippen molar-refractivity contribution in [2.75, 3.05) is 19.6 Å². The fraction of sp³-hybridized carbons (Fsp3) is 1.00. The zero-order chi connectivity index (χ0) is 14.7. The van der Waals surface area contributed by atoms with Crippen LogP contribution in [0.5, 0.6) is 0 Å². The van der Waals surface area contributed by atoms with Gasteiger partial charge in [0.15, 0.2) is 0 Å². The standard InChI is InChI=1S/C17H36N2/c1-7-8-19(13-17(5,6)12-18)15-9-14(2)10-16(3,4)11-15/h14-15H,7-13,18H2,1-6H3. The van der Waals surface area contributed by atoms with E-state index in [1.165, 1.54) is 32.2 Å². The van der Waals surface area contributed by atoms with Crippen molar-refractivity contribution in [1.82, 2.24) is 4.90 Å². The Labute approximate surface area is 121 Å². The Morgan fingerprint density at radius 3 is 2.37 bits per heavy atom. The van der Waals surface area contributed by atoms with Gasteiger partial charge in [-0.05, 0) is 55.5 Å². The highest BCUT2D eigenvalue weighted by atomic mass is 15.2. The lowest BCUT2D eigenvalue weighted by Gasteiger charge is -2.46. The van der Waals surface area contributed by atoms with E-state index in [9.17, 15) is 0 Å². The number of hydrogen-bond acceptors (Lipinski definition) is 2. The SMILES string of the molecule is CCCN(CC(C)(C)CN)C1CC(C)CC(C)(C)C1. The smallest absolute Gasteiger partial charge is 0.0103 e. The molecule has 0 aliphatic heterocycles. The summed E-state index contributed by atoms with van der Waals surface area (Å²) in [7, 11) is 0. The van der Waals surface area contributed by atoms with Crippen LogP contribution in [0.4, 0.5) is 0 Å². The van der Waals surface area contributed by atoms with E-state index in [0.717, 1.165) is 25.0 Å². The average Bonchev–Trinajstić information content (AvgIpc) is 2.25. The molecule has 1 fully saturated rings. The van der Waals surface area contributed by atoms with E-state index < -0.39 is 0 Å². The van der Waals surface area contributed by atoms with Gasteiger partial charge in [0.25, 0.3) is 0 Å². The van der Waals surface area contributed by atoms with Crippen LogP contribution in [0.2, 0.25) is 0 Å². The van der Waals surface area contributed by atoms with Crippen LogP contribution in [0, 0.1) is 16.7 Å². The van der Waals surface area contributed by atoms with E-state index in [4.69, 9.17) is 5.73 Å². The van der Waals surface area contributed by atoms with E-state index in [0.29, 0.717) is 5.41 Å². The van der Waals surface area contributed by atoms with Gasteiger partial charge in [-0.2, -0.15) is 0 Å². The second-order valence-corrected chi connectivity index (χ2v) is 8.41. The van der Waals surface area contributed by atoms with Crippen LogP contribution in [0.3, 0.4) is 0 Å². The van der Waals surface area contributed by atoms with Gasteiger partial charge in [0.05, 0.1) is 0 Å². The van der Waals surface area contributed by atoms with Crippen molar-refractivity contribution >= 4 is 0 Å². The first-order valence-electron chi connectivity index (χ1n) is 8.13. The number of rotatable bonds is 6. The molecule has 2 N–H and O–H groups in total. The molecule has 0 bridgehead atoms. The Morgan fingerprint density at radius 2 is 1.89 bits per heavy atom. The molecular weight excluding hydrogens is 232 g/mol. The van der Waals surface area contributed by atoms with Crippen molar-refractivity contribution in [1.29, 1.82) is 0 Å². The van der Waals surface area contributed by atoms with Crippen LogP contribution in [0.25, 0.3) is 0 Å². The molecule has 2 nitrogen and oxygen atoms in total.